The van der Waals surface area contributed by atoms with Gasteiger partial charge < -0.3 is 10.6 Å². The zero-order valence-electron chi connectivity index (χ0n) is 11.5. The molecule has 4 nitrogen and oxygen atoms in total. The van der Waals surface area contributed by atoms with Crippen LogP contribution >= 0.6 is 0 Å². The summed E-state index contributed by atoms with van der Waals surface area (Å²) in [7, 11) is 5.67. The number of benzene rings is 1. The van der Waals surface area contributed by atoms with Gasteiger partial charge in [0.2, 0.25) is 0 Å². The van der Waals surface area contributed by atoms with Gasteiger partial charge in [0.05, 0.1) is 11.9 Å². The van der Waals surface area contributed by atoms with Crippen LogP contribution in [0.4, 0.5) is 4.39 Å². The molecule has 0 saturated carbocycles. The lowest BCUT2D eigenvalue weighted by Crippen LogP contribution is -2.12. The number of hydrogen-bond acceptors (Lipinski definition) is 3. The van der Waals surface area contributed by atoms with Crippen LogP contribution in [-0.2, 0) is 20.1 Å². The van der Waals surface area contributed by atoms with E-state index in [0.29, 0.717) is 18.7 Å². The quantitative estimate of drug-likeness (QED) is 0.913. The van der Waals surface area contributed by atoms with Gasteiger partial charge in [-0.05, 0) is 25.7 Å². The summed E-state index contributed by atoms with van der Waals surface area (Å²) in [6.07, 6.45) is 1.72. The highest BCUT2D eigenvalue weighted by Gasteiger charge is 2.11. The van der Waals surface area contributed by atoms with Crippen molar-refractivity contribution in [3.05, 3.63) is 41.5 Å². The molecule has 0 aliphatic carbocycles. The molecule has 0 fully saturated rings. The Morgan fingerprint density at radius 2 is 2.11 bits per heavy atom. The van der Waals surface area contributed by atoms with Gasteiger partial charge in [0.1, 0.15) is 5.82 Å². The van der Waals surface area contributed by atoms with E-state index in [1.807, 2.05) is 38.2 Å². The van der Waals surface area contributed by atoms with Crippen LogP contribution in [0.25, 0.3) is 11.1 Å². The average molecular weight is 262 g/mol. The van der Waals surface area contributed by atoms with E-state index in [9.17, 15) is 4.39 Å². The Labute approximate surface area is 112 Å². The van der Waals surface area contributed by atoms with Crippen molar-refractivity contribution in [3.8, 4) is 11.1 Å². The lowest BCUT2D eigenvalue weighted by Gasteiger charge is -2.11. The van der Waals surface area contributed by atoms with E-state index in [2.05, 4.69) is 5.10 Å². The minimum Gasteiger partial charge on any atom is -0.325 e. The highest BCUT2D eigenvalue weighted by Crippen LogP contribution is 2.25. The van der Waals surface area contributed by atoms with Gasteiger partial charge in [0.25, 0.3) is 0 Å². The van der Waals surface area contributed by atoms with Crippen molar-refractivity contribution < 1.29 is 4.39 Å². The summed E-state index contributed by atoms with van der Waals surface area (Å²) < 4.78 is 15.8. The lowest BCUT2D eigenvalue weighted by atomic mass is 10.0. The van der Waals surface area contributed by atoms with Crippen LogP contribution < -0.4 is 5.73 Å². The average Bonchev–Trinajstić information content (AvgIpc) is 2.72. The molecular weight excluding hydrogens is 243 g/mol. The van der Waals surface area contributed by atoms with Gasteiger partial charge in [-0.25, -0.2) is 4.39 Å². The second kappa shape index (κ2) is 5.50. The topological polar surface area (TPSA) is 47.1 Å². The molecule has 1 heterocycles. The Kier molecular flexibility index (Phi) is 3.97. The van der Waals surface area contributed by atoms with E-state index in [0.717, 1.165) is 16.8 Å². The molecule has 19 heavy (non-hydrogen) atoms. The number of nitrogens with two attached hydrogens (primary N) is 1. The zero-order valence-corrected chi connectivity index (χ0v) is 11.5. The molecule has 2 rings (SSSR count). The van der Waals surface area contributed by atoms with E-state index >= 15 is 0 Å². The van der Waals surface area contributed by atoms with Crippen molar-refractivity contribution in [3.63, 3.8) is 0 Å². The predicted octanol–water partition coefficient (Wildman–Crippen LogP) is 1.75. The van der Waals surface area contributed by atoms with Crippen LogP contribution in [0.2, 0.25) is 0 Å². The molecule has 2 N–H and O–H groups in total. The van der Waals surface area contributed by atoms with Crippen molar-refractivity contribution in [1.82, 2.24) is 14.7 Å². The van der Waals surface area contributed by atoms with Gasteiger partial charge in [0.15, 0.2) is 0 Å². The van der Waals surface area contributed by atoms with Crippen LogP contribution in [0.5, 0.6) is 0 Å². The summed E-state index contributed by atoms with van der Waals surface area (Å²) in [6.45, 7) is 0.968. The Morgan fingerprint density at radius 3 is 2.68 bits per heavy atom. The first-order valence-corrected chi connectivity index (χ1v) is 6.17. The molecule has 0 aliphatic rings. The van der Waals surface area contributed by atoms with E-state index in [-0.39, 0.29) is 5.82 Å². The molecule has 102 valence electrons. The Hall–Kier alpha value is -1.72. The molecule has 1 aromatic carbocycles. The van der Waals surface area contributed by atoms with Gasteiger partial charge in [0, 0.05) is 31.3 Å². The third-order valence-corrected chi connectivity index (χ3v) is 3.11. The number of aromatic nitrogens is 2. The van der Waals surface area contributed by atoms with Gasteiger partial charge in [-0.3, -0.25) is 4.68 Å². The fraction of sp³-hybridized carbons (Fsp3) is 0.357. The second-order valence-electron chi connectivity index (χ2n) is 4.88. The minimum absolute atomic E-state index is 0.196. The van der Waals surface area contributed by atoms with Gasteiger partial charge in [-0.2, -0.15) is 5.10 Å². The smallest absolute Gasteiger partial charge is 0.128 e. The van der Waals surface area contributed by atoms with Crippen LogP contribution in [0.15, 0.2) is 24.4 Å². The molecule has 0 amide bonds. The maximum atomic E-state index is 14.1. The predicted molar refractivity (Wildman–Crippen MR) is 73.9 cm³/mol. The molecular formula is C14H19FN4. The molecule has 0 saturated heterocycles. The van der Waals surface area contributed by atoms with Crippen LogP contribution in [0.1, 0.15) is 11.3 Å². The first kappa shape index (κ1) is 13.7. The first-order valence-electron chi connectivity index (χ1n) is 6.17. The van der Waals surface area contributed by atoms with E-state index in [1.54, 1.807) is 16.9 Å². The third-order valence-electron chi connectivity index (χ3n) is 3.11. The highest BCUT2D eigenvalue weighted by molar-refractivity contribution is 5.65. The molecule has 1 aromatic heterocycles. The van der Waals surface area contributed by atoms with Gasteiger partial charge >= 0.3 is 0 Å². The Bertz CT molecular complexity index is 575. The van der Waals surface area contributed by atoms with Crippen molar-refractivity contribution in [1.29, 1.82) is 0 Å². The summed E-state index contributed by atoms with van der Waals surface area (Å²) in [5.41, 5.74) is 9.00. The largest absolute Gasteiger partial charge is 0.325 e. The number of hydrogen-bond donors (Lipinski definition) is 1. The van der Waals surface area contributed by atoms with Crippen molar-refractivity contribution in [2.75, 3.05) is 14.1 Å². The minimum atomic E-state index is -0.196. The van der Waals surface area contributed by atoms with Crippen molar-refractivity contribution in [2.24, 2.45) is 12.8 Å². The third kappa shape index (κ3) is 2.83. The maximum absolute atomic E-state index is 14.1. The molecule has 0 bridgehead atoms. The maximum Gasteiger partial charge on any atom is 0.128 e. The second-order valence-corrected chi connectivity index (χ2v) is 4.88. The number of nitrogens with zero attached hydrogens (tertiary/aromatic N) is 3. The van der Waals surface area contributed by atoms with Crippen LogP contribution in [0, 0.1) is 5.82 Å². The molecule has 0 unspecified atom stereocenters. The van der Waals surface area contributed by atoms with Gasteiger partial charge in [-0.15, -0.1) is 0 Å². The molecule has 0 spiro atoms. The summed E-state index contributed by atoms with van der Waals surface area (Å²) >= 11 is 0. The van der Waals surface area contributed by atoms with Crippen LogP contribution in [0.3, 0.4) is 0 Å². The molecule has 0 atom stereocenters. The van der Waals surface area contributed by atoms with Crippen molar-refractivity contribution in [2.45, 2.75) is 13.1 Å². The zero-order chi connectivity index (χ0) is 14.0. The number of halogens is 1. The Balaban J connectivity index is 2.39. The fourth-order valence-corrected chi connectivity index (χ4v) is 2.13. The van der Waals surface area contributed by atoms with E-state index in [1.165, 1.54) is 0 Å². The molecule has 5 heteroatoms. The van der Waals surface area contributed by atoms with E-state index in [4.69, 9.17) is 5.73 Å². The van der Waals surface area contributed by atoms with Crippen molar-refractivity contribution >= 4 is 0 Å². The molecule has 2 aromatic rings. The standard InChI is InChI=1S/C14H19FN4/c1-18(2)9-11-5-4-10(6-13(11)15)12-8-17-19(3)14(12)7-16/h4-6,8H,7,9,16H2,1-3H3. The summed E-state index contributed by atoms with van der Waals surface area (Å²) in [4.78, 5) is 1.94. The normalized spacial score (nSPS) is 11.3. The lowest BCUT2D eigenvalue weighted by molar-refractivity contribution is 0.392. The van der Waals surface area contributed by atoms with Gasteiger partial charge in [-0.1, -0.05) is 12.1 Å². The van der Waals surface area contributed by atoms with E-state index < -0.39 is 0 Å². The highest BCUT2D eigenvalue weighted by atomic mass is 19.1. The monoisotopic (exact) mass is 262 g/mol. The summed E-state index contributed by atoms with van der Waals surface area (Å²) in [5, 5.41) is 4.17. The first-order chi connectivity index (χ1) is 9.02. The number of aryl methyl sites for hydroxylation is 1. The molecule has 0 aliphatic heterocycles. The molecule has 0 radical (unpaired) electrons. The number of rotatable bonds is 4. The summed E-state index contributed by atoms with van der Waals surface area (Å²) in [6, 6.07) is 5.28. The fourth-order valence-electron chi connectivity index (χ4n) is 2.13. The Morgan fingerprint density at radius 1 is 1.37 bits per heavy atom. The SMILES string of the molecule is CN(C)Cc1ccc(-c2cnn(C)c2CN)cc1F. The summed E-state index contributed by atoms with van der Waals surface area (Å²) in [5.74, 6) is -0.196. The van der Waals surface area contributed by atoms with Crippen LogP contribution in [-0.4, -0.2) is 28.8 Å².